The number of rotatable bonds is 3. The van der Waals surface area contributed by atoms with Gasteiger partial charge in [0, 0.05) is 5.92 Å². The molecule has 1 aliphatic rings. The third-order valence-corrected chi connectivity index (χ3v) is 4.59. The summed E-state index contributed by atoms with van der Waals surface area (Å²) in [5.74, 6) is 5.70. The van der Waals surface area contributed by atoms with Crippen molar-refractivity contribution in [1.29, 1.82) is 0 Å². The Bertz CT molecular complexity index is 725. The Morgan fingerprint density at radius 2 is 1.65 bits per heavy atom. The van der Waals surface area contributed by atoms with Crippen LogP contribution in [0, 0.1) is 11.8 Å². The second-order valence-electron chi connectivity index (χ2n) is 6.05. The quantitative estimate of drug-likeness (QED) is 0.855. The summed E-state index contributed by atoms with van der Waals surface area (Å²) in [4.78, 5) is 12.1. The summed E-state index contributed by atoms with van der Waals surface area (Å²) in [6, 6.07) is 19.6. The minimum absolute atomic E-state index is 0.110. The number of benzene rings is 2. The molecule has 0 spiro atoms. The summed E-state index contributed by atoms with van der Waals surface area (Å²) >= 11 is 0. The standard InChI is InChI=1S/C21H20O2/c22-20(23)21(19-12-5-2-6-13-19)15-8-7-11-18(14-16-21)17-9-3-1-4-10-17/h1-6,9-10,12-13,18H,7-8,11,15H2,(H,22,23). The smallest absolute Gasteiger partial charge is 0.326 e. The van der Waals surface area contributed by atoms with E-state index in [0.717, 1.165) is 24.8 Å². The van der Waals surface area contributed by atoms with E-state index in [1.165, 1.54) is 5.56 Å². The molecule has 2 unspecified atom stereocenters. The maximum atomic E-state index is 12.1. The second-order valence-corrected chi connectivity index (χ2v) is 6.05. The van der Waals surface area contributed by atoms with Crippen LogP contribution >= 0.6 is 0 Å². The van der Waals surface area contributed by atoms with Crippen LogP contribution in [0.1, 0.15) is 42.7 Å². The predicted molar refractivity (Wildman–Crippen MR) is 91.2 cm³/mol. The first kappa shape index (κ1) is 15.4. The van der Waals surface area contributed by atoms with Crippen molar-refractivity contribution < 1.29 is 9.90 Å². The zero-order valence-corrected chi connectivity index (χ0v) is 13.0. The fourth-order valence-electron chi connectivity index (χ4n) is 3.24. The van der Waals surface area contributed by atoms with E-state index in [0.29, 0.717) is 6.42 Å². The van der Waals surface area contributed by atoms with Gasteiger partial charge in [0.25, 0.3) is 0 Å². The van der Waals surface area contributed by atoms with E-state index < -0.39 is 11.4 Å². The molecule has 0 saturated carbocycles. The van der Waals surface area contributed by atoms with Crippen molar-refractivity contribution in [2.75, 3.05) is 0 Å². The van der Waals surface area contributed by atoms with Crippen LogP contribution in [-0.2, 0) is 10.2 Å². The molecule has 0 heterocycles. The molecule has 0 amide bonds. The van der Waals surface area contributed by atoms with Crippen molar-refractivity contribution >= 4 is 5.97 Å². The molecular weight excluding hydrogens is 284 g/mol. The summed E-state index contributed by atoms with van der Waals surface area (Å²) in [6.07, 6.45) is 3.43. The summed E-state index contributed by atoms with van der Waals surface area (Å²) < 4.78 is 0. The monoisotopic (exact) mass is 304 g/mol. The molecule has 1 N–H and O–H groups in total. The lowest BCUT2D eigenvalue weighted by Crippen LogP contribution is -2.35. The Kier molecular flexibility index (Phi) is 4.48. The molecule has 0 aliphatic heterocycles. The molecule has 2 aromatic rings. The van der Waals surface area contributed by atoms with Crippen LogP contribution in [0.3, 0.4) is 0 Å². The molecule has 0 fully saturated rings. The van der Waals surface area contributed by atoms with Crippen LogP contribution in [0.5, 0.6) is 0 Å². The second kappa shape index (κ2) is 6.71. The molecule has 2 atom stereocenters. The zero-order chi connectivity index (χ0) is 16.1. The Balaban J connectivity index is 2.05. The fraction of sp³-hybridized carbons (Fsp3) is 0.286. The van der Waals surface area contributed by atoms with Crippen LogP contribution in [0.2, 0.25) is 0 Å². The van der Waals surface area contributed by atoms with Gasteiger partial charge < -0.3 is 5.11 Å². The lowest BCUT2D eigenvalue weighted by Gasteiger charge is -2.27. The van der Waals surface area contributed by atoms with Gasteiger partial charge in [-0.25, -0.2) is 0 Å². The van der Waals surface area contributed by atoms with E-state index in [2.05, 4.69) is 24.0 Å². The first-order chi connectivity index (χ1) is 11.2. The Labute approximate surface area is 137 Å². The number of aliphatic carboxylic acids is 1. The third kappa shape index (κ3) is 3.14. The van der Waals surface area contributed by atoms with Crippen molar-refractivity contribution in [1.82, 2.24) is 0 Å². The Morgan fingerprint density at radius 3 is 2.30 bits per heavy atom. The molecule has 1 aliphatic carbocycles. The highest BCUT2D eigenvalue weighted by Crippen LogP contribution is 2.34. The van der Waals surface area contributed by atoms with Gasteiger partial charge in [0.05, 0.1) is 0 Å². The van der Waals surface area contributed by atoms with Crippen LogP contribution in [0.4, 0.5) is 0 Å². The van der Waals surface area contributed by atoms with Crippen molar-refractivity contribution in [3.05, 3.63) is 71.8 Å². The lowest BCUT2D eigenvalue weighted by molar-refractivity contribution is -0.141. The summed E-state index contributed by atoms with van der Waals surface area (Å²) in [7, 11) is 0. The zero-order valence-electron chi connectivity index (χ0n) is 13.0. The van der Waals surface area contributed by atoms with E-state index in [9.17, 15) is 9.90 Å². The fourth-order valence-corrected chi connectivity index (χ4v) is 3.24. The van der Waals surface area contributed by atoms with Gasteiger partial charge in [-0.1, -0.05) is 85.3 Å². The molecule has 0 saturated heterocycles. The summed E-state index contributed by atoms with van der Waals surface area (Å²) in [5.41, 5.74) is 0.872. The maximum Gasteiger partial charge on any atom is 0.326 e. The minimum Gasteiger partial charge on any atom is -0.480 e. The molecular formula is C21H20O2. The maximum absolute atomic E-state index is 12.1. The van der Waals surface area contributed by atoms with Crippen LogP contribution in [0.15, 0.2) is 60.7 Å². The number of carbonyl (C=O) groups is 1. The third-order valence-electron chi connectivity index (χ3n) is 4.59. The molecule has 2 aromatic carbocycles. The Hall–Kier alpha value is -2.53. The van der Waals surface area contributed by atoms with Crippen molar-refractivity contribution in [3.63, 3.8) is 0 Å². The first-order valence-electron chi connectivity index (χ1n) is 8.09. The summed E-state index contributed by atoms with van der Waals surface area (Å²) in [6.45, 7) is 0. The van der Waals surface area contributed by atoms with Gasteiger partial charge in [0.1, 0.15) is 0 Å². The Morgan fingerprint density at radius 1 is 1.00 bits per heavy atom. The van der Waals surface area contributed by atoms with Gasteiger partial charge in [-0.05, 0) is 24.0 Å². The van der Waals surface area contributed by atoms with E-state index in [1.54, 1.807) is 0 Å². The largest absolute Gasteiger partial charge is 0.480 e. The lowest BCUT2D eigenvalue weighted by atomic mass is 9.74. The van der Waals surface area contributed by atoms with E-state index in [-0.39, 0.29) is 5.92 Å². The molecule has 2 heteroatoms. The van der Waals surface area contributed by atoms with Crippen molar-refractivity contribution in [2.24, 2.45) is 0 Å². The van der Waals surface area contributed by atoms with Crippen molar-refractivity contribution in [2.45, 2.75) is 37.0 Å². The van der Waals surface area contributed by atoms with E-state index in [4.69, 9.17) is 0 Å². The summed E-state index contributed by atoms with van der Waals surface area (Å²) in [5, 5.41) is 9.91. The molecule has 3 rings (SSSR count). The average Bonchev–Trinajstić information content (AvgIpc) is 2.57. The minimum atomic E-state index is -1.09. The normalized spacial score (nSPS) is 23.9. The molecule has 2 nitrogen and oxygen atoms in total. The highest BCUT2D eigenvalue weighted by molar-refractivity contribution is 5.85. The van der Waals surface area contributed by atoms with Gasteiger partial charge in [0.15, 0.2) is 5.41 Å². The number of hydrogen-bond acceptors (Lipinski definition) is 1. The van der Waals surface area contributed by atoms with Gasteiger partial charge in [0.2, 0.25) is 0 Å². The molecule has 0 radical (unpaired) electrons. The van der Waals surface area contributed by atoms with Gasteiger partial charge >= 0.3 is 5.97 Å². The van der Waals surface area contributed by atoms with E-state index >= 15 is 0 Å². The number of carboxylic acids is 1. The SMILES string of the molecule is O=C(O)C1(c2ccccc2)C#CC(c2ccccc2)CCCC1. The molecule has 0 aromatic heterocycles. The molecule has 0 bridgehead atoms. The van der Waals surface area contributed by atoms with Gasteiger partial charge in [-0.3, -0.25) is 4.79 Å². The average molecular weight is 304 g/mol. The topological polar surface area (TPSA) is 37.3 Å². The highest BCUT2D eigenvalue weighted by Gasteiger charge is 2.39. The van der Waals surface area contributed by atoms with Crippen LogP contribution in [0.25, 0.3) is 0 Å². The van der Waals surface area contributed by atoms with Gasteiger partial charge in [-0.2, -0.15) is 0 Å². The number of carboxylic acid groups (broad SMARTS) is 1. The van der Waals surface area contributed by atoms with E-state index in [1.807, 2.05) is 48.5 Å². The van der Waals surface area contributed by atoms with Crippen molar-refractivity contribution in [3.8, 4) is 11.8 Å². The molecule has 116 valence electrons. The van der Waals surface area contributed by atoms with Crippen LogP contribution in [-0.4, -0.2) is 11.1 Å². The highest BCUT2D eigenvalue weighted by atomic mass is 16.4. The molecule has 23 heavy (non-hydrogen) atoms. The first-order valence-corrected chi connectivity index (χ1v) is 8.09. The van der Waals surface area contributed by atoms with Crippen LogP contribution < -0.4 is 0 Å². The van der Waals surface area contributed by atoms with Gasteiger partial charge in [-0.15, -0.1) is 0 Å². The predicted octanol–water partition coefficient (Wildman–Crippen LogP) is 4.37. The number of hydrogen-bond donors (Lipinski definition) is 1.